The number of anilines is 1. The summed E-state index contributed by atoms with van der Waals surface area (Å²) < 4.78 is 1.66. The van der Waals surface area contributed by atoms with E-state index in [9.17, 15) is 19.5 Å². The van der Waals surface area contributed by atoms with E-state index in [4.69, 9.17) is 0 Å². The number of nitrogens with one attached hydrogen (secondary N) is 3. The lowest BCUT2D eigenvalue weighted by molar-refractivity contribution is -0.113. The molecule has 4 amide bonds. The summed E-state index contributed by atoms with van der Waals surface area (Å²) in [5.41, 5.74) is 2.07. The molecule has 2 aliphatic rings. The summed E-state index contributed by atoms with van der Waals surface area (Å²) >= 11 is 1.41. The first-order valence-corrected chi connectivity index (χ1v) is 13.4. The largest absolute Gasteiger partial charge is 0.386 e. The lowest BCUT2D eigenvalue weighted by Crippen LogP contribution is -2.63. The van der Waals surface area contributed by atoms with Gasteiger partial charge >= 0.3 is 6.03 Å². The first-order chi connectivity index (χ1) is 18.4. The lowest BCUT2D eigenvalue weighted by Gasteiger charge is -2.46. The van der Waals surface area contributed by atoms with Gasteiger partial charge in [0.25, 0.3) is 5.91 Å². The molecule has 0 saturated carbocycles. The molecule has 2 aliphatic heterocycles. The molecule has 3 heterocycles. The van der Waals surface area contributed by atoms with Crippen molar-refractivity contribution in [1.29, 1.82) is 0 Å². The van der Waals surface area contributed by atoms with Crippen molar-refractivity contribution >= 4 is 35.3 Å². The molecule has 0 radical (unpaired) electrons. The molecule has 0 bridgehead atoms. The number of carbonyl (C=O) groups excluding carboxylic acids is 3. The number of aromatic nitrogens is 3. The second kappa shape index (κ2) is 11.2. The van der Waals surface area contributed by atoms with E-state index in [2.05, 4.69) is 26.3 Å². The van der Waals surface area contributed by atoms with Crippen LogP contribution in [-0.4, -0.2) is 73.8 Å². The number of hydrogen-bond acceptors (Lipinski definition) is 7. The zero-order valence-corrected chi connectivity index (χ0v) is 21.5. The van der Waals surface area contributed by atoms with Crippen LogP contribution in [0, 0.1) is 0 Å². The van der Waals surface area contributed by atoms with Crippen molar-refractivity contribution in [1.82, 2.24) is 30.5 Å². The molecule has 0 unspecified atom stereocenters. The SMILES string of the molecule is O=C1CSc2cc(C(=O)N3CC(O)(CCc4cn(CCNC(=O)NCc5ccccc5)nn4)C3)ccc2N1. The van der Waals surface area contributed by atoms with E-state index in [1.165, 1.54) is 11.8 Å². The fourth-order valence-corrected chi connectivity index (χ4v) is 5.25. The van der Waals surface area contributed by atoms with Gasteiger partial charge in [0.2, 0.25) is 5.91 Å². The Labute approximate surface area is 224 Å². The number of benzene rings is 2. The van der Waals surface area contributed by atoms with Crippen LogP contribution in [0.3, 0.4) is 0 Å². The number of rotatable bonds is 9. The molecule has 0 spiro atoms. The highest BCUT2D eigenvalue weighted by molar-refractivity contribution is 8.00. The molecule has 2 aromatic carbocycles. The van der Waals surface area contributed by atoms with E-state index in [0.717, 1.165) is 21.8 Å². The van der Waals surface area contributed by atoms with Gasteiger partial charge in [0.05, 0.1) is 36.8 Å². The fourth-order valence-electron chi connectivity index (χ4n) is 4.40. The van der Waals surface area contributed by atoms with Crippen molar-refractivity contribution < 1.29 is 19.5 Å². The summed E-state index contributed by atoms with van der Waals surface area (Å²) in [6, 6.07) is 14.7. The average Bonchev–Trinajstić information content (AvgIpc) is 3.37. The van der Waals surface area contributed by atoms with Gasteiger partial charge in [0.1, 0.15) is 5.60 Å². The molecule has 11 nitrogen and oxygen atoms in total. The summed E-state index contributed by atoms with van der Waals surface area (Å²) in [7, 11) is 0. The predicted molar refractivity (Wildman–Crippen MR) is 142 cm³/mol. The van der Waals surface area contributed by atoms with Crippen LogP contribution < -0.4 is 16.0 Å². The number of aliphatic hydroxyl groups is 1. The topological polar surface area (TPSA) is 141 Å². The minimum absolute atomic E-state index is 0.0481. The molecule has 198 valence electrons. The molecule has 12 heteroatoms. The van der Waals surface area contributed by atoms with Crippen molar-refractivity contribution in [2.75, 3.05) is 30.7 Å². The number of urea groups is 1. The predicted octanol–water partition coefficient (Wildman–Crippen LogP) is 1.64. The number of amides is 4. The number of likely N-dealkylation sites (tertiary alicyclic amines) is 1. The number of β-amino-alcohol motifs (C(OH)–C–C–N with tert-alkyl or cyclic N) is 1. The highest BCUT2D eigenvalue weighted by Crippen LogP contribution is 2.33. The smallest absolute Gasteiger partial charge is 0.315 e. The van der Waals surface area contributed by atoms with Crippen molar-refractivity contribution in [2.45, 2.75) is 36.4 Å². The van der Waals surface area contributed by atoms with E-state index in [-0.39, 0.29) is 30.9 Å². The summed E-state index contributed by atoms with van der Waals surface area (Å²) in [5, 5.41) is 27.5. The van der Waals surface area contributed by atoms with E-state index < -0.39 is 5.60 Å². The molecule has 1 saturated heterocycles. The Morgan fingerprint density at radius 3 is 2.76 bits per heavy atom. The third-order valence-electron chi connectivity index (χ3n) is 6.47. The molecule has 0 atom stereocenters. The Morgan fingerprint density at radius 2 is 1.95 bits per heavy atom. The molecule has 3 aromatic rings. The quantitative estimate of drug-likeness (QED) is 0.326. The molecule has 1 aromatic heterocycles. The highest BCUT2D eigenvalue weighted by atomic mass is 32.2. The minimum Gasteiger partial charge on any atom is -0.386 e. The van der Waals surface area contributed by atoms with Crippen LogP contribution in [0.15, 0.2) is 59.6 Å². The average molecular weight is 536 g/mol. The zero-order valence-electron chi connectivity index (χ0n) is 20.7. The fraction of sp³-hybridized carbons (Fsp3) is 0.346. The van der Waals surface area contributed by atoms with Crippen LogP contribution in [0.2, 0.25) is 0 Å². The highest BCUT2D eigenvalue weighted by Gasteiger charge is 2.43. The standard InChI is InChI=1S/C26H29N7O4S/c34-23-15-38-22-12-19(6-7-21(22)29-23)24(35)32-16-26(37,17-32)9-8-20-14-33(31-30-20)11-10-27-25(36)28-13-18-4-2-1-3-5-18/h1-7,12,14,37H,8-11,13,15-17H2,(H,29,34)(H2,27,28,36). The molecule has 4 N–H and O–H groups in total. The lowest BCUT2D eigenvalue weighted by atomic mass is 9.88. The van der Waals surface area contributed by atoms with Gasteiger partial charge in [-0.25, -0.2) is 4.79 Å². The van der Waals surface area contributed by atoms with Crippen LogP contribution in [0.4, 0.5) is 10.5 Å². The summed E-state index contributed by atoms with van der Waals surface area (Å²) in [6.45, 7) is 1.84. The van der Waals surface area contributed by atoms with Crippen molar-refractivity contribution in [3.8, 4) is 0 Å². The monoisotopic (exact) mass is 535 g/mol. The maximum absolute atomic E-state index is 12.9. The van der Waals surface area contributed by atoms with Crippen molar-refractivity contribution in [2.24, 2.45) is 0 Å². The van der Waals surface area contributed by atoms with Gasteiger partial charge in [-0.3, -0.25) is 14.3 Å². The Morgan fingerprint density at radius 1 is 1.13 bits per heavy atom. The van der Waals surface area contributed by atoms with Crippen LogP contribution in [-0.2, 0) is 24.3 Å². The second-order valence-corrected chi connectivity index (χ2v) is 10.5. The third-order valence-corrected chi connectivity index (χ3v) is 7.53. The molecule has 38 heavy (non-hydrogen) atoms. The van der Waals surface area contributed by atoms with Crippen LogP contribution >= 0.6 is 11.8 Å². The van der Waals surface area contributed by atoms with Crippen LogP contribution in [0.1, 0.15) is 28.0 Å². The number of fused-ring (bicyclic) bond motifs is 1. The Hall–Kier alpha value is -3.90. The molecular formula is C26H29N7O4S. The molecular weight excluding hydrogens is 506 g/mol. The molecule has 0 aliphatic carbocycles. The summed E-state index contributed by atoms with van der Waals surface area (Å²) in [4.78, 5) is 38.8. The minimum atomic E-state index is -0.964. The van der Waals surface area contributed by atoms with Gasteiger partial charge in [-0.1, -0.05) is 35.5 Å². The van der Waals surface area contributed by atoms with Crippen LogP contribution in [0.5, 0.6) is 0 Å². The Balaban J connectivity index is 1.02. The van der Waals surface area contributed by atoms with E-state index in [1.54, 1.807) is 34.0 Å². The van der Waals surface area contributed by atoms with Gasteiger partial charge in [-0.2, -0.15) is 0 Å². The Bertz CT molecular complexity index is 1320. The summed E-state index contributed by atoms with van der Waals surface area (Å²) in [5.74, 6) is 0.147. The number of nitrogens with zero attached hydrogens (tertiary/aromatic N) is 4. The zero-order chi connectivity index (χ0) is 26.5. The molecule has 5 rings (SSSR count). The van der Waals surface area contributed by atoms with Gasteiger partial charge in [-0.15, -0.1) is 16.9 Å². The maximum Gasteiger partial charge on any atom is 0.315 e. The normalized spacial score (nSPS) is 15.7. The number of carbonyl (C=O) groups is 3. The first kappa shape index (κ1) is 25.7. The maximum atomic E-state index is 12.9. The first-order valence-electron chi connectivity index (χ1n) is 12.4. The summed E-state index contributed by atoms with van der Waals surface area (Å²) in [6.07, 6.45) is 2.79. The van der Waals surface area contributed by atoms with Crippen LogP contribution in [0.25, 0.3) is 0 Å². The van der Waals surface area contributed by atoms with E-state index >= 15 is 0 Å². The number of thioether (sulfide) groups is 1. The molecule has 1 fully saturated rings. The van der Waals surface area contributed by atoms with Gasteiger partial charge in [0, 0.05) is 29.7 Å². The number of hydrogen-bond donors (Lipinski definition) is 4. The van der Waals surface area contributed by atoms with Gasteiger partial charge < -0.3 is 26.0 Å². The van der Waals surface area contributed by atoms with Crippen molar-refractivity contribution in [3.63, 3.8) is 0 Å². The second-order valence-electron chi connectivity index (χ2n) is 9.50. The Kier molecular flexibility index (Phi) is 7.61. The van der Waals surface area contributed by atoms with Gasteiger partial charge in [0.15, 0.2) is 0 Å². The van der Waals surface area contributed by atoms with E-state index in [1.807, 2.05) is 30.3 Å². The van der Waals surface area contributed by atoms with Gasteiger partial charge in [-0.05, 0) is 36.6 Å². The third kappa shape index (κ3) is 6.32. The number of aryl methyl sites for hydroxylation is 1. The van der Waals surface area contributed by atoms with Crippen molar-refractivity contribution in [3.05, 3.63) is 71.5 Å². The van der Waals surface area contributed by atoms with E-state index in [0.29, 0.717) is 43.8 Å².